The first kappa shape index (κ1) is 20.2. The van der Waals surface area contributed by atoms with Crippen molar-refractivity contribution in [1.82, 2.24) is 9.55 Å². The van der Waals surface area contributed by atoms with E-state index in [1.165, 1.54) is 17.1 Å². The Morgan fingerprint density at radius 3 is 2.41 bits per heavy atom. The molecule has 0 aliphatic heterocycles. The molecule has 29 heavy (non-hydrogen) atoms. The molecule has 0 aliphatic rings. The Kier molecular flexibility index (Phi) is 5.18. The third kappa shape index (κ3) is 4.00. The van der Waals surface area contributed by atoms with Gasteiger partial charge in [-0.3, -0.25) is 4.79 Å². The zero-order chi connectivity index (χ0) is 21.3. The van der Waals surface area contributed by atoms with Gasteiger partial charge in [-0.05, 0) is 18.2 Å². The lowest BCUT2D eigenvalue weighted by Gasteiger charge is -2.13. The summed E-state index contributed by atoms with van der Waals surface area (Å²) >= 11 is 5.93. The lowest BCUT2D eigenvalue weighted by atomic mass is 10.2. The molecule has 1 N–H and O–H groups in total. The quantitative estimate of drug-likeness (QED) is 0.642. The molecule has 0 saturated carbocycles. The molecule has 3 rings (SSSR count). The zero-order valence-electron chi connectivity index (χ0n) is 14.1. The van der Waals surface area contributed by atoms with Crippen LogP contribution in [0.15, 0.2) is 52.1 Å². The SMILES string of the molecule is N#Cc1ccccc1Oc1cc(-n2c(=O)cc(C(F)(F)F)[nH]c2=O)c(F)cc1Cl. The number of hydrogen-bond acceptors (Lipinski definition) is 4. The maximum atomic E-state index is 14.4. The van der Waals surface area contributed by atoms with Crippen LogP contribution >= 0.6 is 11.6 Å². The molecule has 0 bridgehead atoms. The highest BCUT2D eigenvalue weighted by molar-refractivity contribution is 6.32. The molecule has 0 spiro atoms. The summed E-state index contributed by atoms with van der Waals surface area (Å²) in [5, 5.41) is 8.85. The van der Waals surface area contributed by atoms with E-state index < -0.39 is 34.6 Å². The number of hydrogen-bond donors (Lipinski definition) is 1. The van der Waals surface area contributed by atoms with Gasteiger partial charge >= 0.3 is 11.9 Å². The van der Waals surface area contributed by atoms with E-state index >= 15 is 0 Å². The van der Waals surface area contributed by atoms with Crippen molar-refractivity contribution < 1.29 is 22.3 Å². The number of para-hydroxylation sites is 1. The molecule has 0 fully saturated rings. The second-order valence-electron chi connectivity index (χ2n) is 5.60. The maximum absolute atomic E-state index is 14.4. The van der Waals surface area contributed by atoms with Crippen LogP contribution in [0.25, 0.3) is 5.69 Å². The number of nitrogens with one attached hydrogen (secondary N) is 1. The van der Waals surface area contributed by atoms with Gasteiger partial charge in [-0.2, -0.15) is 18.4 Å². The third-order valence-corrected chi connectivity index (χ3v) is 4.00. The molecule has 1 heterocycles. The average molecular weight is 426 g/mol. The van der Waals surface area contributed by atoms with E-state index in [2.05, 4.69) is 0 Å². The number of ether oxygens (including phenoxy) is 1. The Balaban J connectivity index is 2.16. The summed E-state index contributed by atoms with van der Waals surface area (Å²) in [7, 11) is 0. The van der Waals surface area contributed by atoms with Crippen LogP contribution in [0.1, 0.15) is 11.3 Å². The minimum atomic E-state index is -4.97. The highest BCUT2D eigenvalue weighted by atomic mass is 35.5. The number of aromatic nitrogens is 2. The van der Waals surface area contributed by atoms with Crippen molar-refractivity contribution in [3.63, 3.8) is 0 Å². The third-order valence-electron chi connectivity index (χ3n) is 3.71. The summed E-state index contributed by atoms with van der Waals surface area (Å²) in [6.45, 7) is 0. The van der Waals surface area contributed by atoms with Gasteiger partial charge in [-0.1, -0.05) is 23.7 Å². The molecule has 11 heteroatoms. The monoisotopic (exact) mass is 425 g/mol. The molecule has 3 aromatic rings. The minimum absolute atomic E-state index is 0.0585. The summed E-state index contributed by atoms with van der Waals surface area (Å²) in [6.07, 6.45) is -4.97. The lowest BCUT2D eigenvalue weighted by molar-refractivity contribution is -0.141. The summed E-state index contributed by atoms with van der Waals surface area (Å²) < 4.78 is 58.2. The molecule has 0 unspecified atom stereocenters. The van der Waals surface area contributed by atoms with Crippen LogP contribution in [-0.2, 0) is 6.18 Å². The first-order valence-corrected chi connectivity index (χ1v) is 8.09. The largest absolute Gasteiger partial charge is 0.454 e. The molecular weight excluding hydrogens is 418 g/mol. The molecule has 0 atom stereocenters. The molecule has 0 aliphatic carbocycles. The number of alkyl halides is 3. The van der Waals surface area contributed by atoms with E-state index in [9.17, 15) is 27.2 Å². The van der Waals surface area contributed by atoms with E-state index in [1.807, 2.05) is 6.07 Å². The Morgan fingerprint density at radius 2 is 1.79 bits per heavy atom. The summed E-state index contributed by atoms with van der Waals surface area (Å²) in [4.78, 5) is 25.6. The number of rotatable bonds is 3. The van der Waals surface area contributed by atoms with Gasteiger partial charge in [0.05, 0.1) is 16.3 Å². The van der Waals surface area contributed by atoms with Gasteiger partial charge in [-0.15, -0.1) is 0 Å². The fourth-order valence-electron chi connectivity index (χ4n) is 2.41. The van der Waals surface area contributed by atoms with Gasteiger partial charge in [0.25, 0.3) is 5.56 Å². The van der Waals surface area contributed by atoms with Gasteiger partial charge in [0.15, 0.2) is 0 Å². The van der Waals surface area contributed by atoms with Gasteiger partial charge < -0.3 is 9.72 Å². The molecule has 0 amide bonds. The van der Waals surface area contributed by atoms with E-state index in [-0.39, 0.29) is 32.7 Å². The van der Waals surface area contributed by atoms with Crippen molar-refractivity contribution in [2.24, 2.45) is 0 Å². The number of halogens is 5. The Bertz CT molecular complexity index is 1230. The normalized spacial score (nSPS) is 11.2. The average Bonchev–Trinajstić information content (AvgIpc) is 2.64. The molecule has 6 nitrogen and oxygen atoms in total. The topological polar surface area (TPSA) is 87.9 Å². The number of nitriles is 1. The fourth-order valence-corrected chi connectivity index (χ4v) is 2.60. The summed E-state index contributed by atoms with van der Waals surface area (Å²) in [5.41, 5.74) is -5.05. The van der Waals surface area contributed by atoms with Crippen molar-refractivity contribution in [2.75, 3.05) is 0 Å². The van der Waals surface area contributed by atoms with Crippen molar-refractivity contribution in [3.05, 3.63) is 85.4 Å². The molecule has 1 aromatic heterocycles. The molecule has 0 saturated heterocycles. The standard InChI is InChI=1S/C18H8ClF4N3O3/c19-10-5-11(20)12(6-14(10)29-13-4-2-1-3-9(13)8-24)26-16(27)7-15(18(21,22)23)25-17(26)28/h1-7H,(H,25,28). The van der Waals surface area contributed by atoms with Crippen LogP contribution in [0.3, 0.4) is 0 Å². The van der Waals surface area contributed by atoms with E-state index in [4.69, 9.17) is 21.6 Å². The van der Waals surface area contributed by atoms with Crippen molar-refractivity contribution in [3.8, 4) is 23.3 Å². The summed E-state index contributed by atoms with van der Waals surface area (Å²) in [5.74, 6) is -1.32. The first-order chi connectivity index (χ1) is 13.6. The number of H-pyrrole nitrogens is 1. The van der Waals surface area contributed by atoms with Gasteiger partial charge in [0.1, 0.15) is 29.1 Å². The Labute approximate surface area is 164 Å². The number of nitrogens with zero attached hydrogens (tertiary/aromatic N) is 2. The lowest BCUT2D eigenvalue weighted by Crippen LogP contribution is -2.36. The van der Waals surface area contributed by atoms with Gasteiger partial charge in [0, 0.05) is 12.1 Å². The minimum Gasteiger partial charge on any atom is -0.454 e. The highest BCUT2D eigenvalue weighted by Crippen LogP contribution is 2.34. The van der Waals surface area contributed by atoms with E-state index in [0.29, 0.717) is 0 Å². The predicted molar refractivity (Wildman–Crippen MR) is 93.9 cm³/mol. The fraction of sp³-hybridized carbons (Fsp3) is 0.0556. The second kappa shape index (κ2) is 7.44. The molecule has 148 valence electrons. The van der Waals surface area contributed by atoms with Crippen molar-refractivity contribution >= 4 is 11.6 Å². The molecule has 2 aromatic carbocycles. The van der Waals surface area contributed by atoms with Gasteiger partial charge in [-0.25, -0.2) is 13.8 Å². The van der Waals surface area contributed by atoms with Crippen molar-refractivity contribution in [1.29, 1.82) is 5.26 Å². The van der Waals surface area contributed by atoms with Crippen LogP contribution in [0.4, 0.5) is 17.6 Å². The number of benzene rings is 2. The van der Waals surface area contributed by atoms with E-state index in [0.717, 1.165) is 12.1 Å². The van der Waals surface area contributed by atoms with Crippen molar-refractivity contribution in [2.45, 2.75) is 6.18 Å². The zero-order valence-corrected chi connectivity index (χ0v) is 14.8. The van der Waals surface area contributed by atoms with Gasteiger partial charge in [0.2, 0.25) is 0 Å². The highest BCUT2D eigenvalue weighted by Gasteiger charge is 2.33. The first-order valence-electron chi connectivity index (χ1n) is 7.72. The Morgan fingerprint density at radius 1 is 1.10 bits per heavy atom. The summed E-state index contributed by atoms with van der Waals surface area (Å²) in [6, 6.07) is 9.59. The second-order valence-corrected chi connectivity index (χ2v) is 6.01. The Hall–Kier alpha value is -3.58. The van der Waals surface area contributed by atoms with Crippen LogP contribution in [0.2, 0.25) is 5.02 Å². The van der Waals surface area contributed by atoms with Crippen LogP contribution in [0.5, 0.6) is 11.5 Å². The van der Waals surface area contributed by atoms with E-state index in [1.54, 1.807) is 12.1 Å². The maximum Gasteiger partial charge on any atom is 0.431 e. The molecular formula is C18H8ClF4N3O3. The van der Waals surface area contributed by atoms with Crippen LogP contribution in [0, 0.1) is 17.1 Å². The van der Waals surface area contributed by atoms with Crippen LogP contribution < -0.4 is 16.0 Å². The predicted octanol–water partition coefficient (Wildman–Crippen LogP) is 4.00. The molecule has 0 radical (unpaired) electrons. The number of aromatic amines is 1. The smallest absolute Gasteiger partial charge is 0.431 e. The van der Waals surface area contributed by atoms with Crippen LogP contribution in [-0.4, -0.2) is 9.55 Å².